The summed E-state index contributed by atoms with van der Waals surface area (Å²) in [4.78, 5) is 11.9. The summed E-state index contributed by atoms with van der Waals surface area (Å²) in [6, 6.07) is 21.6. The summed E-state index contributed by atoms with van der Waals surface area (Å²) in [5.41, 5.74) is 5.61. The molecule has 4 aromatic rings. The number of hydrogen-bond acceptors (Lipinski definition) is 6. The molecule has 2 heterocycles. The number of anilines is 2. The van der Waals surface area contributed by atoms with Gasteiger partial charge in [-0.1, -0.05) is 41.6 Å². The second-order valence-electron chi connectivity index (χ2n) is 7.88. The fraction of sp³-hybridized carbons (Fsp3) is 0.208. The number of nitrogens with one attached hydrogen (secondary N) is 3. The van der Waals surface area contributed by atoms with E-state index in [4.69, 9.17) is 4.74 Å². The second kappa shape index (κ2) is 8.58. The molecule has 32 heavy (non-hydrogen) atoms. The number of aromatic amines is 1. The quantitative estimate of drug-likeness (QED) is 0.330. The summed E-state index contributed by atoms with van der Waals surface area (Å²) in [5.74, 6) is -0.658. The highest BCUT2D eigenvalue weighted by Crippen LogP contribution is 2.39. The Hall–Kier alpha value is -4.07. The third kappa shape index (κ3) is 4.07. The summed E-state index contributed by atoms with van der Waals surface area (Å²) in [7, 11) is 0. The van der Waals surface area contributed by atoms with Gasteiger partial charge in [0.05, 0.1) is 11.4 Å². The minimum atomic E-state index is -0.780. The van der Waals surface area contributed by atoms with Crippen molar-refractivity contribution in [2.24, 2.45) is 5.92 Å². The molecule has 8 nitrogen and oxygen atoms in total. The zero-order valence-electron chi connectivity index (χ0n) is 17.3. The third-order valence-electron chi connectivity index (χ3n) is 5.88. The van der Waals surface area contributed by atoms with Crippen molar-refractivity contribution in [1.82, 2.24) is 15.4 Å². The van der Waals surface area contributed by atoms with Crippen LogP contribution in [0.25, 0.3) is 11.0 Å². The molecule has 4 N–H and O–H groups in total. The molecule has 0 saturated carbocycles. The van der Waals surface area contributed by atoms with Gasteiger partial charge in [0.1, 0.15) is 11.3 Å². The summed E-state index contributed by atoms with van der Waals surface area (Å²) in [5, 5.41) is 26.9. The van der Waals surface area contributed by atoms with E-state index < -0.39 is 11.9 Å². The van der Waals surface area contributed by atoms with Crippen LogP contribution in [-0.4, -0.2) is 39.8 Å². The zero-order valence-corrected chi connectivity index (χ0v) is 17.3. The number of H-pyrrole nitrogens is 1. The Balaban J connectivity index is 1.30. The van der Waals surface area contributed by atoms with Crippen LogP contribution in [0.5, 0.6) is 5.75 Å². The highest BCUT2D eigenvalue weighted by atomic mass is 16.5. The standard InChI is InChI=1S/C24H23N5O3/c30-24(31)20-13-25-22-12-17(7-8-18(22)19(20)10-15-4-2-1-3-5-15)32-14-26-16-6-9-21-23(11-16)28-29-27-21/h1-9,11-12,19-20,25-26H,10,13-14H2,(H,30,31)(H,27,28,29). The van der Waals surface area contributed by atoms with Crippen LogP contribution in [0.15, 0.2) is 66.7 Å². The van der Waals surface area contributed by atoms with Crippen LogP contribution in [0.2, 0.25) is 0 Å². The van der Waals surface area contributed by atoms with Crippen LogP contribution < -0.4 is 15.4 Å². The van der Waals surface area contributed by atoms with E-state index in [0.29, 0.717) is 18.7 Å². The number of aliphatic carboxylic acids is 1. The van der Waals surface area contributed by atoms with E-state index in [1.807, 2.05) is 66.7 Å². The molecule has 0 bridgehead atoms. The molecular formula is C24H23N5O3. The van der Waals surface area contributed by atoms with Crippen molar-refractivity contribution in [3.8, 4) is 5.75 Å². The van der Waals surface area contributed by atoms with Gasteiger partial charge in [-0.2, -0.15) is 0 Å². The van der Waals surface area contributed by atoms with Crippen LogP contribution >= 0.6 is 0 Å². The number of nitrogens with zero attached hydrogens (tertiary/aromatic N) is 2. The Morgan fingerprint density at radius 1 is 1.12 bits per heavy atom. The summed E-state index contributed by atoms with van der Waals surface area (Å²) < 4.78 is 5.89. The molecule has 0 radical (unpaired) electrons. The van der Waals surface area contributed by atoms with Gasteiger partial charge >= 0.3 is 5.97 Å². The van der Waals surface area contributed by atoms with Crippen LogP contribution in [0.3, 0.4) is 0 Å². The number of rotatable bonds is 7. The van der Waals surface area contributed by atoms with Gasteiger partial charge in [-0.25, -0.2) is 0 Å². The normalized spacial score (nSPS) is 17.4. The molecular weight excluding hydrogens is 406 g/mol. The topological polar surface area (TPSA) is 112 Å². The molecule has 1 aromatic heterocycles. The molecule has 0 aliphatic carbocycles. The predicted molar refractivity (Wildman–Crippen MR) is 122 cm³/mol. The summed E-state index contributed by atoms with van der Waals surface area (Å²) >= 11 is 0. The Morgan fingerprint density at radius 3 is 2.84 bits per heavy atom. The molecule has 1 aliphatic heterocycles. The average molecular weight is 429 g/mol. The molecule has 1 aliphatic rings. The first kappa shape index (κ1) is 19.9. The zero-order chi connectivity index (χ0) is 21.9. The fourth-order valence-electron chi connectivity index (χ4n) is 4.22. The summed E-state index contributed by atoms with van der Waals surface area (Å²) in [6.45, 7) is 0.677. The lowest BCUT2D eigenvalue weighted by Gasteiger charge is -2.32. The van der Waals surface area contributed by atoms with Crippen LogP contribution in [0.1, 0.15) is 17.0 Å². The van der Waals surface area contributed by atoms with E-state index in [0.717, 1.165) is 33.5 Å². The predicted octanol–water partition coefficient (Wildman–Crippen LogP) is 3.86. The fourth-order valence-corrected chi connectivity index (χ4v) is 4.22. The first-order chi connectivity index (χ1) is 15.7. The first-order valence-electron chi connectivity index (χ1n) is 10.5. The van der Waals surface area contributed by atoms with E-state index in [-0.39, 0.29) is 12.6 Å². The molecule has 2 unspecified atom stereocenters. The van der Waals surface area contributed by atoms with E-state index in [2.05, 4.69) is 26.0 Å². The smallest absolute Gasteiger partial charge is 0.308 e. The number of aromatic nitrogens is 3. The van der Waals surface area contributed by atoms with Gasteiger partial charge in [-0.05, 0) is 41.8 Å². The number of carbonyl (C=O) groups is 1. The average Bonchev–Trinajstić information content (AvgIpc) is 3.27. The van der Waals surface area contributed by atoms with Crippen LogP contribution in [-0.2, 0) is 11.2 Å². The van der Waals surface area contributed by atoms with E-state index >= 15 is 0 Å². The lowest BCUT2D eigenvalue weighted by atomic mass is 9.78. The molecule has 0 saturated heterocycles. The number of hydrogen-bond donors (Lipinski definition) is 4. The monoisotopic (exact) mass is 429 g/mol. The number of carboxylic acids is 1. The SMILES string of the molecule is O=C(O)C1CNc2cc(OCNc3ccc4nn[nH]c4c3)ccc2C1Cc1ccccc1. The third-order valence-corrected chi connectivity index (χ3v) is 5.88. The van der Waals surface area contributed by atoms with Gasteiger partial charge in [-0.3, -0.25) is 9.89 Å². The maximum Gasteiger partial charge on any atom is 0.308 e. The Bertz CT molecular complexity index is 1240. The van der Waals surface area contributed by atoms with Crippen molar-refractivity contribution in [2.75, 3.05) is 23.9 Å². The van der Waals surface area contributed by atoms with Gasteiger partial charge in [0.15, 0.2) is 6.73 Å². The van der Waals surface area contributed by atoms with Gasteiger partial charge < -0.3 is 20.5 Å². The summed E-state index contributed by atoms with van der Waals surface area (Å²) in [6.07, 6.45) is 0.680. The van der Waals surface area contributed by atoms with Crippen molar-refractivity contribution in [3.05, 3.63) is 77.9 Å². The van der Waals surface area contributed by atoms with Gasteiger partial charge in [-0.15, -0.1) is 5.10 Å². The lowest BCUT2D eigenvalue weighted by molar-refractivity contribution is -0.142. The number of benzene rings is 3. The van der Waals surface area contributed by atoms with Gasteiger partial charge in [0, 0.05) is 29.9 Å². The maximum atomic E-state index is 11.9. The van der Waals surface area contributed by atoms with Crippen molar-refractivity contribution < 1.29 is 14.6 Å². The first-order valence-corrected chi connectivity index (χ1v) is 10.5. The van der Waals surface area contributed by atoms with E-state index in [1.54, 1.807) is 0 Å². The van der Waals surface area contributed by atoms with Crippen molar-refractivity contribution in [1.29, 1.82) is 0 Å². The van der Waals surface area contributed by atoms with Crippen LogP contribution in [0.4, 0.5) is 11.4 Å². The van der Waals surface area contributed by atoms with E-state index in [1.165, 1.54) is 0 Å². The molecule has 3 aromatic carbocycles. The second-order valence-corrected chi connectivity index (χ2v) is 7.88. The Kier molecular flexibility index (Phi) is 5.33. The lowest BCUT2D eigenvalue weighted by Crippen LogP contribution is -2.34. The van der Waals surface area contributed by atoms with Gasteiger partial charge in [0.25, 0.3) is 0 Å². The molecule has 0 fully saturated rings. The minimum Gasteiger partial charge on any atom is -0.481 e. The van der Waals surface area contributed by atoms with Crippen molar-refractivity contribution >= 4 is 28.4 Å². The Morgan fingerprint density at radius 2 is 2.00 bits per heavy atom. The number of fused-ring (bicyclic) bond motifs is 2. The molecule has 5 rings (SSSR count). The number of carboxylic acid groups (broad SMARTS) is 1. The molecule has 8 heteroatoms. The molecule has 162 valence electrons. The minimum absolute atomic E-state index is 0.104. The maximum absolute atomic E-state index is 11.9. The largest absolute Gasteiger partial charge is 0.481 e. The van der Waals surface area contributed by atoms with E-state index in [9.17, 15) is 9.90 Å². The van der Waals surface area contributed by atoms with Gasteiger partial charge in [0.2, 0.25) is 0 Å². The van der Waals surface area contributed by atoms with Crippen LogP contribution in [0, 0.1) is 5.92 Å². The molecule has 0 spiro atoms. The highest BCUT2D eigenvalue weighted by Gasteiger charge is 2.34. The Labute approximate surface area is 184 Å². The van der Waals surface area contributed by atoms with Crippen molar-refractivity contribution in [3.63, 3.8) is 0 Å². The highest BCUT2D eigenvalue weighted by molar-refractivity contribution is 5.78. The number of ether oxygens (including phenoxy) is 1. The molecule has 2 atom stereocenters. The molecule has 0 amide bonds. The van der Waals surface area contributed by atoms with Crippen molar-refractivity contribution in [2.45, 2.75) is 12.3 Å².